The topological polar surface area (TPSA) is 38.8 Å². The van der Waals surface area contributed by atoms with Crippen molar-refractivity contribution in [2.24, 2.45) is 5.92 Å². The molecule has 1 heterocycles. The molecule has 0 aliphatic carbocycles. The molecule has 1 fully saturated rings. The maximum Gasteiger partial charge on any atom is 0.222 e. The molecule has 1 aliphatic rings. The number of benzene rings is 1. The van der Waals surface area contributed by atoms with E-state index in [-0.39, 0.29) is 17.9 Å². The van der Waals surface area contributed by atoms with Gasteiger partial charge in [0.2, 0.25) is 5.91 Å². The Morgan fingerprint density at radius 1 is 1.12 bits per heavy atom. The molecule has 1 aliphatic heterocycles. The lowest BCUT2D eigenvalue weighted by Crippen LogP contribution is -2.48. The fourth-order valence-corrected chi connectivity index (χ4v) is 2.99. The zero-order chi connectivity index (χ0) is 17.7. The molecular weight excluding hydrogens is 300 g/mol. The van der Waals surface area contributed by atoms with Gasteiger partial charge in [0.15, 0.2) is 0 Å². The summed E-state index contributed by atoms with van der Waals surface area (Å²) in [5.41, 5.74) is 2.47. The zero-order valence-corrected chi connectivity index (χ0v) is 15.7. The molecule has 1 N–H and O–H groups in total. The second kappa shape index (κ2) is 8.49. The summed E-state index contributed by atoms with van der Waals surface area (Å²) in [6, 6.07) is 8.93. The maximum atomic E-state index is 12.0. The Kier molecular flexibility index (Phi) is 6.63. The van der Waals surface area contributed by atoms with E-state index < -0.39 is 0 Å². The predicted octanol–water partition coefficient (Wildman–Crippen LogP) is 1.81. The van der Waals surface area contributed by atoms with Crippen molar-refractivity contribution in [1.29, 1.82) is 0 Å². The molecule has 134 valence electrons. The van der Waals surface area contributed by atoms with E-state index in [0.717, 1.165) is 26.2 Å². The van der Waals surface area contributed by atoms with E-state index in [4.69, 9.17) is 0 Å². The zero-order valence-electron chi connectivity index (χ0n) is 15.7. The van der Waals surface area contributed by atoms with Crippen molar-refractivity contribution in [1.82, 2.24) is 15.1 Å². The molecule has 5 nitrogen and oxygen atoms in total. The van der Waals surface area contributed by atoms with Gasteiger partial charge in [0.1, 0.15) is 0 Å². The highest BCUT2D eigenvalue weighted by Gasteiger charge is 2.24. The van der Waals surface area contributed by atoms with E-state index in [0.29, 0.717) is 6.54 Å². The molecule has 1 aromatic carbocycles. The van der Waals surface area contributed by atoms with Crippen LogP contribution in [0.15, 0.2) is 24.3 Å². The number of nitrogens with one attached hydrogen (secondary N) is 1. The number of piperazine rings is 1. The SMILES string of the molecule is CC(C)C(=O)NCC(c1ccc(N(C)C)cc1)N1CCN(C)CC1. The van der Waals surface area contributed by atoms with E-state index in [1.165, 1.54) is 11.3 Å². The van der Waals surface area contributed by atoms with E-state index >= 15 is 0 Å². The fraction of sp³-hybridized carbons (Fsp3) is 0.632. The van der Waals surface area contributed by atoms with Crippen LogP contribution < -0.4 is 10.2 Å². The third-order valence-corrected chi connectivity index (χ3v) is 4.77. The monoisotopic (exact) mass is 332 g/mol. The standard InChI is InChI=1S/C19H32N4O/c1-15(2)19(24)20-14-18(23-12-10-22(5)11-13-23)16-6-8-17(9-7-16)21(3)4/h6-9,15,18H,10-14H2,1-5H3,(H,20,24). The molecule has 1 unspecified atom stereocenters. The molecule has 1 saturated heterocycles. The van der Waals surface area contributed by atoms with Crippen LogP contribution in [0.2, 0.25) is 0 Å². The minimum Gasteiger partial charge on any atom is -0.378 e. The van der Waals surface area contributed by atoms with Crippen molar-refractivity contribution in [2.75, 3.05) is 58.8 Å². The van der Waals surface area contributed by atoms with Gasteiger partial charge >= 0.3 is 0 Å². The molecule has 1 aromatic rings. The van der Waals surface area contributed by atoms with Gasteiger partial charge in [-0.05, 0) is 24.7 Å². The lowest BCUT2D eigenvalue weighted by Gasteiger charge is -2.38. The van der Waals surface area contributed by atoms with Crippen molar-refractivity contribution in [2.45, 2.75) is 19.9 Å². The van der Waals surface area contributed by atoms with E-state index in [9.17, 15) is 4.79 Å². The minimum absolute atomic E-state index is 0.0225. The van der Waals surface area contributed by atoms with Crippen LogP contribution in [0.5, 0.6) is 0 Å². The van der Waals surface area contributed by atoms with Crippen LogP contribution in [-0.2, 0) is 4.79 Å². The van der Waals surface area contributed by atoms with Gasteiger partial charge in [-0.3, -0.25) is 9.69 Å². The molecule has 5 heteroatoms. The number of rotatable bonds is 6. The fourth-order valence-electron chi connectivity index (χ4n) is 2.99. The summed E-state index contributed by atoms with van der Waals surface area (Å²) < 4.78 is 0. The van der Waals surface area contributed by atoms with Gasteiger partial charge < -0.3 is 15.1 Å². The third-order valence-electron chi connectivity index (χ3n) is 4.77. The summed E-state index contributed by atoms with van der Waals surface area (Å²) in [7, 11) is 6.27. The van der Waals surface area contributed by atoms with Crippen LogP contribution in [0.25, 0.3) is 0 Å². The Hall–Kier alpha value is -1.59. The quantitative estimate of drug-likeness (QED) is 0.862. The summed E-state index contributed by atoms with van der Waals surface area (Å²) >= 11 is 0. The highest BCUT2D eigenvalue weighted by Crippen LogP contribution is 2.24. The number of anilines is 1. The van der Waals surface area contributed by atoms with Crippen molar-refractivity contribution < 1.29 is 4.79 Å². The summed E-state index contributed by atoms with van der Waals surface area (Å²) in [6.07, 6.45) is 0. The molecule has 0 saturated carbocycles. The van der Waals surface area contributed by atoms with E-state index in [1.54, 1.807) is 0 Å². The number of hydrogen-bond donors (Lipinski definition) is 1. The molecule has 24 heavy (non-hydrogen) atoms. The first-order chi connectivity index (χ1) is 11.4. The maximum absolute atomic E-state index is 12.0. The van der Waals surface area contributed by atoms with Gasteiger partial charge in [-0.1, -0.05) is 26.0 Å². The van der Waals surface area contributed by atoms with Gasteiger partial charge in [-0.25, -0.2) is 0 Å². The van der Waals surface area contributed by atoms with Crippen LogP contribution in [0.4, 0.5) is 5.69 Å². The summed E-state index contributed by atoms with van der Waals surface area (Å²) in [6.45, 7) is 8.76. The highest BCUT2D eigenvalue weighted by molar-refractivity contribution is 5.77. The normalized spacial score (nSPS) is 17.8. The molecule has 1 atom stereocenters. The predicted molar refractivity (Wildman–Crippen MR) is 100 cm³/mol. The van der Waals surface area contributed by atoms with Gasteiger partial charge in [0.05, 0.1) is 6.04 Å². The highest BCUT2D eigenvalue weighted by atomic mass is 16.1. The number of amides is 1. The Morgan fingerprint density at radius 3 is 2.21 bits per heavy atom. The minimum atomic E-state index is 0.0225. The third kappa shape index (κ3) is 4.95. The van der Waals surface area contributed by atoms with Crippen molar-refractivity contribution >= 4 is 11.6 Å². The number of hydrogen-bond acceptors (Lipinski definition) is 4. The van der Waals surface area contributed by atoms with Gasteiger partial charge in [-0.2, -0.15) is 0 Å². The van der Waals surface area contributed by atoms with Gasteiger partial charge in [0, 0.05) is 58.4 Å². The van der Waals surface area contributed by atoms with Crippen LogP contribution in [0.3, 0.4) is 0 Å². The summed E-state index contributed by atoms with van der Waals surface area (Å²) in [4.78, 5) is 19.0. The van der Waals surface area contributed by atoms with Gasteiger partial charge in [-0.15, -0.1) is 0 Å². The van der Waals surface area contributed by atoms with Crippen molar-refractivity contribution in [3.05, 3.63) is 29.8 Å². The first-order valence-electron chi connectivity index (χ1n) is 8.86. The van der Waals surface area contributed by atoms with Crippen LogP contribution in [-0.4, -0.2) is 69.6 Å². The van der Waals surface area contributed by atoms with Crippen molar-refractivity contribution in [3.63, 3.8) is 0 Å². The number of carbonyl (C=O) groups is 1. The summed E-state index contributed by atoms with van der Waals surface area (Å²) in [5.74, 6) is 0.147. The largest absolute Gasteiger partial charge is 0.378 e. The van der Waals surface area contributed by atoms with Gasteiger partial charge in [0.25, 0.3) is 0 Å². The average molecular weight is 332 g/mol. The molecule has 0 spiro atoms. The molecule has 2 rings (SSSR count). The molecule has 1 amide bonds. The van der Waals surface area contributed by atoms with E-state index in [2.05, 4.69) is 65.4 Å². The van der Waals surface area contributed by atoms with Crippen LogP contribution in [0, 0.1) is 5.92 Å². The smallest absolute Gasteiger partial charge is 0.222 e. The number of likely N-dealkylation sites (N-methyl/N-ethyl adjacent to an activating group) is 1. The first kappa shape index (κ1) is 18.7. The Balaban J connectivity index is 2.13. The summed E-state index contributed by atoms with van der Waals surface area (Å²) in [5, 5.41) is 3.12. The second-order valence-electron chi connectivity index (χ2n) is 7.24. The van der Waals surface area contributed by atoms with Crippen LogP contribution in [0.1, 0.15) is 25.5 Å². The van der Waals surface area contributed by atoms with Crippen LogP contribution >= 0.6 is 0 Å². The lowest BCUT2D eigenvalue weighted by molar-refractivity contribution is -0.124. The molecule has 0 aromatic heterocycles. The Bertz CT molecular complexity index is 519. The van der Waals surface area contributed by atoms with E-state index in [1.807, 2.05) is 13.8 Å². The Morgan fingerprint density at radius 2 is 1.71 bits per heavy atom. The van der Waals surface area contributed by atoms with Crippen molar-refractivity contribution in [3.8, 4) is 0 Å². The molecule has 0 radical (unpaired) electrons. The molecule has 0 bridgehead atoms. The lowest BCUT2D eigenvalue weighted by atomic mass is 10.0. The number of carbonyl (C=O) groups excluding carboxylic acids is 1. The first-order valence-corrected chi connectivity index (χ1v) is 8.86. The average Bonchev–Trinajstić information content (AvgIpc) is 2.56. The molecular formula is C19H32N4O. The number of nitrogens with zero attached hydrogens (tertiary/aromatic N) is 3. The Labute approximate surface area is 146 Å². The second-order valence-corrected chi connectivity index (χ2v) is 7.24.